The summed E-state index contributed by atoms with van der Waals surface area (Å²) in [5, 5.41) is 0. The number of ether oxygens (including phenoxy) is 1. The van der Waals surface area contributed by atoms with E-state index in [-0.39, 0.29) is 5.82 Å². The maximum Gasteiger partial charge on any atom is 0.159 e. The molecule has 0 fully saturated rings. The molecule has 2 N–H and O–H groups in total. The second-order valence-electron chi connectivity index (χ2n) is 3.61. The Bertz CT molecular complexity index is 530. The normalized spacial score (nSPS) is 10.4. The van der Waals surface area contributed by atoms with Crippen LogP contribution in [0.1, 0.15) is 11.4 Å². The molecule has 0 aliphatic carbocycles. The molecule has 0 saturated carbocycles. The molecule has 0 aromatic carbocycles. The standard InChI is InChI=1S/C12H13FN4O/c1-18-11-7-15-10(2-8(11)4-14)9-5-16-12(3-13)17-6-9/h2,5-7H,3-4,14H2,1H3. The van der Waals surface area contributed by atoms with Crippen LogP contribution in [0.15, 0.2) is 24.7 Å². The number of halogens is 1. The Balaban J connectivity index is 2.37. The molecule has 2 heterocycles. The zero-order valence-electron chi connectivity index (χ0n) is 9.93. The van der Waals surface area contributed by atoms with Gasteiger partial charge in [0, 0.05) is 30.1 Å². The Morgan fingerprint density at radius 3 is 2.50 bits per heavy atom. The van der Waals surface area contributed by atoms with Crippen molar-refractivity contribution in [1.82, 2.24) is 15.0 Å². The van der Waals surface area contributed by atoms with Crippen molar-refractivity contribution in [2.24, 2.45) is 5.73 Å². The van der Waals surface area contributed by atoms with E-state index in [1.165, 1.54) is 12.4 Å². The zero-order valence-corrected chi connectivity index (χ0v) is 9.93. The number of aromatic nitrogens is 3. The molecule has 0 bridgehead atoms. The fraction of sp³-hybridized carbons (Fsp3) is 0.250. The predicted octanol–water partition coefficient (Wildman–Crippen LogP) is 1.48. The minimum atomic E-state index is -0.676. The molecule has 2 aromatic heterocycles. The fourth-order valence-electron chi connectivity index (χ4n) is 1.54. The third kappa shape index (κ3) is 2.43. The predicted molar refractivity (Wildman–Crippen MR) is 64.5 cm³/mol. The average Bonchev–Trinajstić information content (AvgIpc) is 2.46. The molecular weight excluding hydrogens is 235 g/mol. The smallest absolute Gasteiger partial charge is 0.159 e. The molecule has 94 valence electrons. The first-order valence-corrected chi connectivity index (χ1v) is 5.38. The molecule has 0 aliphatic heterocycles. The van der Waals surface area contributed by atoms with Crippen molar-refractivity contribution < 1.29 is 9.13 Å². The van der Waals surface area contributed by atoms with E-state index in [1.807, 2.05) is 6.07 Å². The maximum absolute atomic E-state index is 12.3. The number of hydrogen-bond donors (Lipinski definition) is 1. The molecule has 0 spiro atoms. The van der Waals surface area contributed by atoms with Gasteiger partial charge in [0.05, 0.1) is 19.0 Å². The van der Waals surface area contributed by atoms with Crippen LogP contribution in [0.4, 0.5) is 4.39 Å². The minimum absolute atomic E-state index is 0.159. The molecule has 0 amide bonds. The van der Waals surface area contributed by atoms with Gasteiger partial charge >= 0.3 is 0 Å². The van der Waals surface area contributed by atoms with Crippen molar-refractivity contribution in [3.8, 4) is 17.0 Å². The van der Waals surface area contributed by atoms with Crippen molar-refractivity contribution >= 4 is 0 Å². The lowest BCUT2D eigenvalue weighted by Crippen LogP contribution is -2.01. The first-order valence-electron chi connectivity index (χ1n) is 5.38. The molecule has 0 atom stereocenters. The van der Waals surface area contributed by atoms with Crippen molar-refractivity contribution in [3.63, 3.8) is 0 Å². The third-order valence-electron chi connectivity index (χ3n) is 2.51. The van der Waals surface area contributed by atoms with Crippen LogP contribution < -0.4 is 10.5 Å². The highest BCUT2D eigenvalue weighted by Gasteiger charge is 2.07. The molecule has 2 aromatic rings. The first-order chi connectivity index (χ1) is 8.78. The average molecular weight is 248 g/mol. The van der Waals surface area contributed by atoms with Crippen LogP contribution in [0.25, 0.3) is 11.3 Å². The lowest BCUT2D eigenvalue weighted by atomic mass is 10.1. The van der Waals surface area contributed by atoms with E-state index in [1.54, 1.807) is 13.3 Å². The molecule has 5 nitrogen and oxygen atoms in total. The Morgan fingerprint density at radius 1 is 1.22 bits per heavy atom. The second-order valence-corrected chi connectivity index (χ2v) is 3.61. The van der Waals surface area contributed by atoms with Crippen molar-refractivity contribution in [2.45, 2.75) is 13.2 Å². The van der Waals surface area contributed by atoms with Gasteiger partial charge in [-0.15, -0.1) is 0 Å². The van der Waals surface area contributed by atoms with Gasteiger partial charge in [-0.1, -0.05) is 0 Å². The lowest BCUT2D eigenvalue weighted by molar-refractivity contribution is 0.408. The van der Waals surface area contributed by atoms with Crippen LogP contribution in [0.5, 0.6) is 5.75 Å². The van der Waals surface area contributed by atoms with Gasteiger partial charge in [-0.2, -0.15) is 0 Å². The van der Waals surface area contributed by atoms with E-state index in [2.05, 4.69) is 15.0 Å². The largest absolute Gasteiger partial charge is 0.495 e. The molecular formula is C12H13FN4O. The Labute approximate surface area is 104 Å². The monoisotopic (exact) mass is 248 g/mol. The summed E-state index contributed by atoms with van der Waals surface area (Å²) in [7, 11) is 1.56. The lowest BCUT2D eigenvalue weighted by Gasteiger charge is -2.08. The number of nitrogens with two attached hydrogens (primary N) is 1. The first kappa shape index (κ1) is 12.4. The maximum atomic E-state index is 12.3. The summed E-state index contributed by atoms with van der Waals surface area (Å²) in [6.45, 7) is -0.327. The molecule has 0 saturated heterocycles. The Hall–Kier alpha value is -2.08. The van der Waals surface area contributed by atoms with Gasteiger partial charge in [0.15, 0.2) is 5.82 Å². The highest BCUT2D eigenvalue weighted by atomic mass is 19.1. The quantitative estimate of drug-likeness (QED) is 0.887. The van der Waals surface area contributed by atoms with Gasteiger partial charge in [-0.3, -0.25) is 4.98 Å². The highest BCUT2D eigenvalue weighted by molar-refractivity contribution is 5.58. The topological polar surface area (TPSA) is 73.9 Å². The van der Waals surface area contributed by atoms with E-state index in [4.69, 9.17) is 10.5 Å². The van der Waals surface area contributed by atoms with Gasteiger partial charge < -0.3 is 10.5 Å². The highest BCUT2D eigenvalue weighted by Crippen LogP contribution is 2.22. The van der Waals surface area contributed by atoms with Crippen LogP contribution in [0.3, 0.4) is 0 Å². The van der Waals surface area contributed by atoms with Crippen molar-refractivity contribution in [1.29, 1.82) is 0 Å². The molecule has 2 rings (SSSR count). The number of hydrogen-bond acceptors (Lipinski definition) is 5. The van der Waals surface area contributed by atoms with E-state index in [0.29, 0.717) is 23.6 Å². The van der Waals surface area contributed by atoms with Gasteiger partial charge in [0.25, 0.3) is 0 Å². The SMILES string of the molecule is COc1cnc(-c2cnc(CF)nc2)cc1CN. The summed E-state index contributed by atoms with van der Waals surface area (Å²) in [5.74, 6) is 0.800. The Morgan fingerprint density at radius 2 is 1.94 bits per heavy atom. The summed E-state index contributed by atoms with van der Waals surface area (Å²) in [6, 6.07) is 1.81. The van der Waals surface area contributed by atoms with E-state index in [9.17, 15) is 4.39 Å². The van der Waals surface area contributed by atoms with Crippen molar-refractivity contribution in [3.05, 3.63) is 36.0 Å². The zero-order chi connectivity index (χ0) is 13.0. The summed E-state index contributed by atoms with van der Waals surface area (Å²) < 4.78 is 17.4. The molecule has 0 radical (unpaired) electrons. The summed E-state index contributed by atoms with van der Waals surface area (Å²) in [5.41, 5.74) is 7.87. The summed E-state index contributed by atoms with van der Waals surface area (Å²) >= 11 is 0. The Kier molecular flexibility index (Phi) is 3.78. The van der Waals surface area contributed by atoms with Crippen LogP contribution in [0.2, 0.25) is 0 Å². The van der Waals surface area contributed by atoms with Crippen LogP contribution in [-0.4, -0.2) is 22.1 Å². The van der Waals surface area contributed by atoms with Gasteiger partial charge in [-0.25, -0.2) is 14.4 Å². The molecule has 6 heteroatoms. The number of alkyl halides is 1. The third-order valence-corrected chi connectivity index (χ3v) is 2.51. The second kappa shape index (κ2) is 5.50. The van der Waals surface area contributed by atoms with Gasteiger partial charge in [-0.05, 0) is 6.07 Å². The van der Waals surface area contributed by atoms with Crippen LogP contribution in [-0.2, 0) is 13.2 Å². The molecule has 0 unspecified atom stereocenters. The van der Waals surface area contributed by atoms with E-state index < -0.39 is 6.67 Å². The summed E-state index contributed by atoms with van der Waals surface area (Å²) in [6.07, 6.45) is 4.68. The summed E-state index contributed by atoms with van der Waals surface area (Å²) in [4.78, 5) is 12.0. The number of nitrogens with zero attached hydrogens (tertiary/aromatic N) is 3. The number of rotatable bonds is 4. The minimum Gasteiger partial charge on any atom is -0.495 e. The van der Waals surface area contributed by atoms with Gasteiger partial charge in [0.2, 0.25) is 0 Å². The number of methoxy groups -OCH3 is 1. The number of pyridine rings is 1. The fourth-order valence-corrected chi connectivity index (χ4v) is 1.54. The molecule has 0 aliphatic rings. The van der Waals surface area contributed by atoms with Gasteiger partial charge in [0.1, 0.15) is 12.4 Å². The van der Waals surface area contributed by atoms with E-state index >= 15 is 0 Å². The van der Waals surface area contributed by atoms with Crippen LogP contribution >= 0.6 is 0 Å². The molecule has 18 heavy (non-hydrogen) atoms. The van der Waals surface area contributed by atoms with Crippen molar-refractivity contribution in [2.75, 3.05) is 7.11 Å². The van der Waals surface area contributed by atoms with E-state index in [0.717, 1.165) is 5.56 Å². The van der Waals surface area contributed by atoms with Crippen LogP contribution in [0, 0.1) is 0 Å².